The number of carbonyl (C=O) groups is 1. The van der Waals surface area contributed by atoms with Gasteiger partial charge in [0.25, 0.3) is 0 Å². The highest BCUT2D eigenvalue weighted by Gasteiger charge is 2.34. The van der Waals surface area contributed by atoms with Crippen LogP contribution in [0.2, 0.25) is 0 Å². The van der Waals surface area contributed by atoms with Gasteiger partial charge in [-0.25, -0.2) is 0 Å². The highest BCUT2D eigenvalue weighted by molar-refractivity contribution is 14.1. The molecular weight excluding hydrogens is 463 g/mol. The summed E-state index contributed by atoms with van der Waals surface area (Å²) < 4.78 is 23.2. The molecule has 142 valence electrons. The van der Waals surface area contributed by atoms with E-state index in [2.05, 4.69) is 27.7 Å². The normalized spacial score (nSPS) is 15.8. The van der Waals surface area contributed by atoms with Gasteiger partial charge in [0, 0.05) is 21.6 Å². The second kappa shape index (κ2) is 8.03. The van der Waals surface area contributed by atoms with E-state index in [-0.39, 0.29) is 5.91 Å². The predicted octanol–water partition coefficient (Wildman–Crippen LogP) is 3.56. The van der Waals surface area contributed by atoms with Crippen molar-refractivity contribution in [1.29, 1.82) is 0 Å². The number of ether oxygens (including phenoxy) is 4. The van der Waals surface area contributed by atoms with Gasteiger partial charge in [0.2, 0.25) is 23.8 Å². The number of hydrazone groups is 1. The lowest BCUT2D eigenvalue weighted by molar-refractivity contribution is -0.135. The Hall–Kier alpha value is -2.49. The first-order valence-corrected chi connectivity index (χ1v) is 9.17. The quantitative estimate of drug-likeness (QED) is 0.610. The molecule has 8 heteroatoms. The van der Waals surface area contributed by atoms with Crippen LogP contribution in [0.1, 0.15) is 24.3 Å². The zero-order valence-corrected chi connectivity index (χ0v) is 17.5. The molecule has 1 aliphatic heterocycles. The molecule has 0 fully saturated rings. The maximum absolute atomic E-state index is 12.2. The van der Waals surface area contributed by atoms with Crippen LogP contribution in [0, 0.1) is 3.57 Å². The number of hydrogen-bond acceptors (Lipinski definition) is 6. The number of amides is 1. The molecule has 0 N–H and O–H groups in total. The van der Waals surface area contributed by atoms with Crippen molar-refractivity contribution < 1.29 is 23.7 Å². The third-order valence-electron chi connectivity index (χ3n) is 4.01. The van der Waals surface area contributed by atoms with Gasteiger partial charge in [-0.3, -0.25) is 4.79 Å². The molecule has 0 saturated carbocycles. The fourth-order valence-corrected chi connectivity index (χ4v) is 3.31. The highest BCUT2D eigenvalue weighted by atomic mass is 127. The fraction of sp³-hybridized carbons (Fsp3) is 0.263. The zero-order chi connectivity index (χ0) is 19.6. The van der Waals surface area contributed by atoms with Crippen molar-refractivity contribution in [3.8, 4) is 17.2 Å². The van der Waals surface area contributed by atoms with Crippen LogP contribution in [0.5, 0.6) is 17.2 Å². The summed E-state index contributed by atoms with van der Waals surface area (Å²) in [5.74, 6) is 1.55. The van der Waals surface area contributed by atoms with E-state index in [0.29, 0.717) is 28.7 Å². The molecule has 0 aliphatic carbocycles. The third-order valence-corrected chi connectivity index (χ3v) is 4.68. The van der Waals surface area contributed by atoms with Gasteiger partial charge in [-0.2, -0.15) is 5.01 Å². The monoisotopic (exact) mass is 482 g/mol. The summed E-state index contributed by atoms with van der Waals surface area (Å²) in [5, 5.41) is 5.67. The first-order chi connectivity index (χ1) is 13.0. The van der Waals surface area contributed by atoms with Crippen molar-refractivity contribution >= 4 is 34.4 Å². The summed E-state index contributed by atoms with van der Waals surface area (Å²) >= 11 is 2.22. The van der Waals surface area contributed by atoms with Crippen LogP contribution in [0.25, 0.3) is 0 Å². The summed E-state index contributed by atoms with van der Waals surface area (Å²) in [6, 6.07) is 11.2. The van der Waals surface area contributed by atoms with E-state index < -0.39 is 6.23 Å². The Labute approximate surface area is 171 Å². The number of nitrogens with zero attached hydrogens (tertiary/aromatic N) is 2. The van der Waals surface area contributed by atoms with Crippen LogP contribution >= 0.6 is 22.6 Å². The van der Waals surface area contributed by atoms with Crippen LogP contribution < -0.4 is 14.2 Å². The molecule has 1 atom stereocenters. The molecule has 0 spiro atoms. The molecule has 0 aromatic heterocycles. The van der Waals surface area contributed by atoms with E-state index in [1.807, 2.05) is 24.3 Å². The first kappa shape index (κ1) is 19.3. The maximum atomic E-state index is 12.2. The number of benzene rings is 2. The lowest BCUT2D eigenvalue weighted by atomic mass is 10.1. The van der Waals surface area contributed by atoms with Gasteiger partial charge in [-0.1, -0.05) is 6.07 Å². The average Bonchev–Trinajstić information content (AvgIpc) is 3.12. The Morgan fingerprint density at radius 1 is 1.11 bits per heavy atom. The van der Waals surface area contributed by atoms with E-state index in [9.17, 15) is 4.79 Å². The van der Waals surface area contributed by atoms with Gasteiger partial charge in [-0.05, 0) is 52.9 Å². The van der Waals surface area contributed by atoms with Crippen molar-refractivity contribution in [3.05, 3.63) is 51.1 Å². The average molecular weight is 482 g/mol. The van der Waals surface area contributed by atoms with Crippen LogP contribution in [-0.2, 0) is 9.53 Å². The number of hydrogen-bond donors (Lipinski definition) is 0. The van der Waals surface area contributed by atoms with E-state index in [1.165, 1.54) is 33.3 Å². The fourth-order valence-electron chi connectivity index (χ4n) is 2.77. The van der Waals surface area contributed by atoms with E-state index >= 15 is 0 Å². The molecule has 2 aromatic carbocycles. The molecule has 1 aliphatic rings. The summed E-state index contributed by atoms with van der Waals surface area (Å²) in [6.45, 7) is 1.44. The Balaban J connectivity index is 2.03. The lowest BCUT2D eigenvalue weighted by Gasteiger charge is -2.21. The third kappa shape index (κ3) is 3.80. The minimum atomic E-state index is -0.732. The number of halogens is 1. The smallest absolute Gasteiger partial charge is 0.243 e. The van der Waals surface area contributed by atoms with Crippen molar-refractivity contribution in [2.24, 2.45) is 5.10 Å². The molecule has 0 bridgehead atoms. The summed E-state index contributed by atoms with van der Waals surface area (Å²) in [4.78, 5) is 12.2. The number of carbonyl (C=O) groups excluding carboxylic acids is 1. The zero-order valence-electron chi connectivity index (χ0n) is 15.4. The summed E-state index contributed by atoms with van der Waals surface area (Å²) in [7, 11) is 4.60. The molecule has 7 nitrogen and oxygen atoms in total. The largest absolute Gasteiger partial charge is 0.493 e. The number of rotatable bonds is 5. The SMILES string of the molecule is COc1cc(C2OC(c3cccc(I)c3)=NN2C(C)=O)cc(OC)c1OC. The predicted molar refractivity (Wildman–Crippen MR) is 108 cm³/mol. The van der Waals surface area contributed by atoms with Gasteiger partial charge in [0.05, 0.1) is 21.3 Å². The van der Waals surface area contributed by atoms with Crippen LogP contribution in [0.4, 0.5) is 0 Å². The van der Waals surface area contributed by atoms with Crippen LogP contribution in [0.3, 0.4) is 0 Å². The molecule has 2 aromatic rings. The van der Waals surface area contributed by atoms with Gasteiger partial charge < -0.3 is 18.9 Å². The standard InChI is InChI=1S/C19H19IN2O5/c1-11(23)22-19(27-18(21-22)12-6-5-7-14(20)8-12)13-9-15(24-2)17(26-4)16(10-13)25-3/h5-10,19H,1-4H3. The van der Waals surface area contributed by atoms with Gasteiger partial charge in [0.15, 0.2) is 11.5 Å². The van der Waals surface area contributed by atoms with Crippen molar-refractivity contribution in [2.75, 3.05) is 21.3 Å². The van der Waals surface area contributed by atoms with Gasteiger partial charge >= 0.3 is 0 Å². The molecular formula is C19H19IN2O5. The Kier molecular flexibility index (Phi) is 5.73. The van der Waals surface area contributed by atoms with Gasteiger partial charge in [0.1, 0.15) is 0 Å². The Bertz CT molecular complexity index is 874. The Morgan fingerprint density at radius 3 is 2.30 bits per heavy atom. The molecule has 3 rings (SSSR count). The van der Waals surface area contributed by atoms with E-state index in [1.54, 1.807) is 12.1 Å². The van der Waals surface area contributed by atoms with Crippen molar-refractivity contribution in [1.82, 2.24) is 5.01 Å². The van der Waals surface area contributed by atoms with Crippen molar-refractivity contribution in [3.63, 3.8) is 0 Å². The lowest BCUT2D eigenvalue weighted by Crippen LogP contribution is -2.25. The highest BCUT2D eigenvalue weighted by Crippen LogP contribution is 2.42. The molecule has 1 heterocycles. The molecule has 1 unspecified atom stereocenters. The second-order valence-corrected chi connectivity index (χ2v) is 6.95. The van der Waals surface area contributed by atoms with Gasteiger partial charge in [-0.15, -0.1) is 5.10 Å². The second-order valence-electron chi connectivity index (χ2n) is 5.71. The summed E-state index contributed by atoms with van der Waals surface area (Å²) in [6.07, 6.45) is -0.732. The minimum Gasteiger partial charge on any atom is -0.493 e. The minimum absolute atomic E-state index is 0.241. The molecule has 0 saturated heterocycles. The maximum Gasteiger partial charge on any atom is 0.243 e. The first-order valence-electron chi connectivity index (χ1n) is 8.09. The molecule has 27 heavy (non-hydrogen) atoms. The topological polar surface area (TPSA) is 69.6 Å². The Morgan fingerprint density at radius 2 is 1.78 bits per heavy atom. The number of methoxy groups -OCH3 is 3. The molecule has 1 amide bonds. The van der Waals surface area contributed by atoms with Crippen LogP contribution in [0.15, 0.2) is 41.5 Å². The summed E-state index contributed by atoms with van der Waals surface area (Å²) in [5.41, 5.74) is 1.45. The van der Waals surface area contributed by atoms with Crippen molar-refractivity contribution in [2.45, 2.75) is 13.2 Å². The van der Waals surface area contributed by atoms with Crippen LogP contribution in [-0.4, -0.2) is 38.1 Å². The van der Waals surface area contributed by atoms with E-state index in [4.69, 9.17) is 18.9 Å². The molecule has 0 radical (unpaired) electrons. The van der Waals surface area contributed by atoms with E-state index in [0.717, 1.165) is 9.13 Å².